The van der Waals surface area contributed by atoms with Crippen molar-refractivity contribution in [3.8, 4) is 0 Å². The Balaban J connectivity index is 1.99. The summed E-state index contributed by atoms with van der Waals surface area (Å²) in [4.78, 5) is 0. The predicted octanol–water partition coefficient (Wildman–Crippen LogP) is 4.29. The van der Waals surface area contributed by atoms with E-state index in [4.69, 9.17) is 0 Å². The van der Waals surface area contributed by atoms with Crippen LogP contribution in [0.3, 0.4) is 0 Å². The molecule has 2 heterocycles. The molecule has 2 aromatic heterocycles. The van der Waals surface area contributed by atoms with E-state index in [-0.39, 0.29) is 0 Å². The van der Waals surface area contributed by atoms with Crippen molar-refractivity contribution >= 4 is 0 Å². The highest BCUT2D eigenvalue weighted by molar-refractivity contribution is 5.19. The Morgan fingerprint density at radius 2 is 1.76 bits per heavy atom. The maximum absolute atomic E-state index is 4.53. The highest BCUT2D eigenvalue weighted by atomic mass is 15.3. The number of nitrogens with zero attached hydrogens (tertiary/aromatic N) is 4. The van der Waals surface area contributed by atoms with Crippen molar-refractivity contribution in [3.05, 3.63) is 35.4 Å². The molecule has 2 rings (SSSR count). The molecule has 4 nitrogen and oxygen atoms in total. The lowest BCUT2D eigenvalue weighted by molar-refractivity contribution is 0.517. The normalized spacial score (nSPS) is 13.3. The molecular formula is C17H28N4. The van der Waals surface area contributed by atoms with Crippen molar-refractivity contribution in [2.45, 2.75) is 72.4 Å². The predicted molar refractivity (Wildman–Crippen MR) is 86.7 cm³/mol. The Morgan fingerprint density at radius 1 is 1.05 bits per heavy atom. The molecule has 0 bridgehead atoms. The van der Waals surface area contributed by atoms with E-state index in [0.717, 1.165) is 13.0 Å². The van der Waals surface area contributed by atoms with Gasteiger partial charge >= 0.3 is 0 Å². The number of aryl methyl sites for hydroxylation is 1. The summed E-state index contributed by atoms with van der Waals surface area (Å²) in [5.74, 6) is 1.05. The second-order valence-corrected chi connectivity index (χ2v) is 6.60. The van der Waals surface area contributed by atoms with Crippen LogP contribution >= 0.6 is 0 Å². The molecule has 0 saturated carbocycles. The molecule has 4 heteroatoms. The smallest absolute Gasteiger partial charge is 0.0527 e. The highest BCUT2D eigenvalue weighted by Gasteiger charge is 2.13. The summed E-state index contributed by atoms with van der Waals surface area (Å²) in [5, 5.41) is 8.96. The molecule has 0 aliphatic heterocycles. The Morgan fingerprint density at radius 3 is 2.29 bits per heavy atom. The van der Waals surface area contributed by atoms with Crippen molar-refractivity contribution in [2.24, 2.45) is 0 Å². The number of hydrogen-bond donors (Lipinski definition) is 0. The second-order valence-electron chi connectivity index (χ2n) is 6.60. The number of aromatic nitrogens is 4. The van der Waals surface area contributed by atoms with Gasteiger partial charge in [-0.25, -0.2) is 0 Å². The van der Waals surface area contributed by atoms with E-state index in [2.05, 4.69) is 62.6 Å². The fraction of sp³-hybridized carbons (Fsp3) is 0.647. The molecule has 0 aliphatic carbocycles. The van der Waals surface area contributed by atoms with Gasteiger partial charge < -0.3 is 0 Å². The SMILES string of the molecule is Cc1c(C(C)C)cnn1CCC(C)c1cnn(C(C)C)c1. The molecule has 0 aromatic carbocycles. The summed E-state index contributed by atoms with van der Waals surface area (Å²) in [6.45, 7) is 14.2. The fourth-order valence-corrected chi connectivity index (χ4v) is 2.63. The van der Waals surface area contributed by atoms with E-state index < -0.39 is 0 Å². The highest BCUT2D eigenvalue weighted by Crippen LogP contribution is 2.22. The third-order valence-corrected chi connectivity index (χ3v) is 4.26. The van der Waals surface area contributed by atoms with Gasteiger partial charge in [-0.3, -0.25) is 9.36 Å². The Labute approximate surface area is 128 Å². The Hall–Kier alpha value is -1.58. The molecule has 116 valence electrons. The maximum Gasteiger partial charge on any atom is 0.0527 e. The topological polar surface area (TPSA) is 35.6 Å². The summed E-state index contributed by atoms with van der Waals surface area (Å²) >= 11 is 0. The molecule has 0 radical (unpaired) electrons. The average Bonchev–Trinajstić information content (AvgIpc) is 3.03. The van der Waals surface area contributed by atoms with Crippen LogP contribution in [0.25, 0.3) is 0 Å². The lowest BCUT2D eigenvalue weighted by Gasteiger charge is -2.11. The first-order valence-electron chi connectivity index (χ1n) is 7.96. The minimum absolute atomic E-state index is 0.424. The molecule has 0 spiro atoms. The van der Waals surface area contributed by atoms with Crippen LogP contribution in [0.4, 0.5) is 0 Å². The van der Waals surface area contributed by atoms with Crippen LogP contribution in [0.5, 0.6) is 0 Å². The van der Waals surface area contributed by atoms with Gasteiger partial charge in [0, 0.05) is 24.5 Å². The van der Waals surface area contributed by atoms with Gasteiger partial charge in [0.1, 0.15) is 0 Å². The van der Waals surface area contributed by atoms with Crippen LogP contribution in [-0.2, 0) is 6.54 Å². The molecule has 0 aliphatic rings. The summed E-state index contributed by atoms with van der Waals surface area (Å²) < 4.78 is 4.17. The van der Waals surface area contributed by atoms with Gasteiger partial charge in [0.25, 0.3) is 0 Å². The van der Waals surface area contributed by atoms with E-state index in [0.29, 0.717) is 17.9 Å². The Kier molecular flexibility index (Phi) is 4.86. The molecule has 2 aromatic rings. The van der Waals surface area contributed by atoms with E-state index in [1.165, 1.54) is 16.8 Å². The zero-order chi connectivity index (χ0) is 15.6. The van der Waals surface area contributed by atoms with Crippen LogP contribution < -0.4 is 0 Å². The standard InChI is InChI=1S/C17H28N4/c1-12(2)17-10-19-20(15(17)6)8-7-14(5)16-9-18-21(11-16)13(3)4/h9-14H,7-8H2,1-6H3. The van der Waals surface area contributed by atoms with E-state index in [1.807, 2.05) is 17.1 Å². The zero-order valence-corrected chi connectivity index (χ0v) is 14.2. The summed E-state index contributed by atoms with van der Waals surface area (Å²) in [7, 11) is 0. The number of rotatable bonds is 6. The second kappa shape index (κ2) is 6.46. The van der Waals surface area contributed by atoms with Gasteiger partial charge in [-0.05, 0) is 50.2 Å². The van der Waals surface area contributed by atoms with Gasteiger partial charge in [-0.2, -0.15) is 10.2 Å². The maximum atomic E-state index is 4.53. The van der Waals surface area contributed by atoms with Crippen molar-refractivity contribution in [2.75, 3.05) is 0 Å². The minimum Gasteiger partial charge on any atom is -0.270 e. The van der Waals surface area contributed by atoms with Crippen molar-refractivity contribution in [1.82, 2.24) is 19.6 Å². The van der Waals surface area contributed by atoms with Gasteiger partial charge in [0.05, 0.1) is 12.4 Å². The van der Waals surface area contributed by atoms with Crippen LogP contribution in [0, 0.1) is 6.92 Å². The van der Waals surface area contributed by atoms with Gasteiger partial charge in [-0.1, -0.05) is 20.8 Å². The monoisotopic (exact) mass is 288 g/mol. The average molecular weight is 288 g/mol. The lowest BCUT2D eigenvalue weighted by atomic mass is 10.0. The first kappa shape index (κ1) is 15.8. The molecule has 1 unspecified atom stereocenters. The zero-order valence-electron chi connectivity index (χ0n) is 14.2. The van der Waals surface area contributed by atoms with Crippen molar-refractivity contribution in [1.29, 1.82) is 0 Å². The third-order valence-electron chi connectivity index (χ3n) is 4.26. The summed E-state index contributed by atoms with van der Waals surface area (Å²) in [6, 6.07) is 0.424. The van der Waals surface area contributed by atoms with Gasteiger partial charge in [0.2, 0.25) is 0 Å². The lowest BCUT2D eigenvalue weighted by Crippen LogP contribution is -2.06. The van der Waals surface area contributed by atoms with Gasteiger partial charge in [-0.15, -0.1) is 0 Å². The number of hydrogen-bond acceptors (Lipinski definition) is 2. The minimum atomic E-state index is 0.424. The summed E-state index contributed by atoms with van der Waals surface area (Å²) in [5.41, 5.74) is 3.97. The fourth-order valence-electron chi connectivity index (χ4n) is 2.63. The van der Waals surface area contributed by atoms with E-state index in [1.54, 1.807) is 0 Å². The molecular weight excluding hydrogens is 260 g/mol. The molecule has 0 fully saturated rings. The van der Waals surface area contributed by atoms with Crippen molar-refractivity contribution < 1.29 is 0 Å². The quantitative estimate of drug-likeness (QED) is 0.795. The van der Waals surface area contributed by atoms with Crippen LogP contribution in [0.15, 0.2) is 18.6 Å². The molecule has 0 amide bonds. The molecule has 0 saturated heterocycles. The first-order chi connectivity index (χ1) is 9.90. The van der Waals surface area contributed by atoms with Crippen LogP contribution in [0.1, 0.15) is 75.7 Å². The Bertz CT molecular complexity index is 577. The summed E-state index contributed by atoms with van der Waals surface area (Å²) in [6.07, 6.45) is 7.27. The third kappa shape index (κ3) is 3.55. The van der Waals surface area contributed by atoms with Crippen LogP contribution in [-0.4, -0.2) is 19.6 Å². The van der Waals surface area contributed by atoms with E-state index in [9.17, 15) is 0 Å². The molecule has 21 heavy (non-hydrogen) atoms. The molecule has 0 N–H and O–H groups in total. The van der Waals surface area contributed by atoms with Gasteiger partial charge in [0.15, 0.2) is 0 Å². The largest absolute Gasteiger partial charge is 0.270 e. The van der Waals surface area contributed by atoms with E-state index >= 15 is 0 Å². The van der Waals surface area contributed by atoms with Crippen LogP contribution in [0.2, 0.25) is 0 Å². The molecule has 1 atom stereocenters. The first-order valence-corrected chi connectivity index (χ1v) is 7.96. The van der Waals surface area contributed by atoms with Crippen molar-refractivity contribution in [3.63, 3.8) is 0 Å².